The number of benzene rings is 1. The summed E-state index contributed by atoms with van der Waals surface area (Å²) in [6.07, 6.45) is 0. The van der Waals surface area contributed by atoms with Crippen molar-refractivity contribution >= 4 is 22.3 Å². The summed E-state index contributed by atoms with van der Waals surface area (Å²) in [4.78, 5) is 11.7. The molecule has 1 aromatic carbocycles. The molecule has 0 atom stereocenters. The van der Waals surface area contributed by atoms with Crippen molar-refractivity contribution in [2.45, 2.75) is 19.8 Å². The third-order valence-electron chi connectivity index (χ3n) is 3.16. The van der Waals surface area contributed by atoms with Gasteiger partial charge in [0.05, 0.1) is 5.56 Å². The van der Waals surface area contributed by atoms with Crippen LogP contribution in [0.25, 0.3) is 16.3 Å². The van der Waals surface area contributed by atoms with Gasteiger partial charge in [0, 0.05) is 16.6 Å². The van der Waals surface area contributed by atoms with Gasteiger partial charge < -0.3 is 5.11 Å². The molecule has 3 aromatic rings. The zero-order valence-electron chi connectivity index (χ0n) is 11.1. The van der Waals surface area contributed by atoms with E-state index in [1.165, 1.54) is 0 Å². The van der Waals surface area contributed by atoms with Crippen LogP contribution in [0.5, 0.6) is 0 Å². The standard InChI is InChI=1S/C14H13N3O2S/c1-8(2)11-7-20-14-16-15-12(17(11)14)9-3-5-10(6-4-9)13(18)19/h3-8H,1-2H3,(H,18,19). The summed E-state index contributed by atoms with van der Waals surface area (Å²) in [6.45, 7) is 4.25. The molecule has 6 heteroatoms. The molecule has 0 aliphatic carbocycles. The summed E-state index contributed by atoms with van der Waals surface area (Å²) in [5, 5.41) is 19.4. The van der Waals surface area contributed by atoms with Gasteiger partial charge in [-0.25, -0.2) is 4.79 Å². The average Bonchev–Trinajstić information content (AvgIpc) is 2.99. The van der Waals surface area contributed by atoms with Crippen molar-refractivity contribution in [2.75, 3.05) is 0 Å². The molecule has 0 fully saturated rings. The Morgan fingerprint density at radius 2 is 1.95 bits per heavy atom. The van der Waals surface area contributed by atoms with Crippen LogP contribution in [0, 0.1) is 0 Å². The van der Waals surface area contributed by atoms with Gasteiger partial charge in [0.1, 0.15) is 0 Å². The first-order valence-electron chi connectivity index (χ1n) is 6.24. The average molecular weight is 287 g/mol. The largest absolute Gasteiger partial charge is 0.478 e. The number of hydrogen-bond donors (Lipinski definition) is 1. The van der Waals surface area contributed by atoms with Gasteiger partial charge >= 0.3 is 5.97 Å². The minimum atomic E-state index is -0.929. The summed E-state index contributed by atoms with van der Waals surface area (Å²) in [6, 6.07) is 6.70. The predicted molar refractivity (Wildman–Crippen MR) is 77.3 cm³/mol. The van der Waals surface area contributed by atoms with Crippen LogP contribution in [-0.4, -0.2) is 25.7 Å². The summed E-state index contributed by atoms with van der Waals surface area (Å²) in [7, 11) is 0. The maximum absolute atomic E-state index is 10.9. The number of hydrogen-bond acceptors (Lipinski definition) is 4. The number of carboxylic acid groups (broad SMARTS) is 1. The highest BCUT2D eigenvalue weighted by atomic mass is 32.1. The molecule has 0 bridgehead atoms. The monoisotopic (exact) mass is 287 g/mol. The van der Waals surface area contributed by atoms with Gasteiger partial charge in [-0.15, -0.1) is 21.5 Å². The van der Waals surface area contributed by atoms with E-state index in [9.17, 15) is 4.79 Å². The number of carboxylic acids is 1. The molecule has 2 aromatic heterocycles. The molecule has 5 nitrogen and oxygen atoms in total. The molecular formula is C14H13N3O2S. The summed E-state index contributed by atoms with van der Waals surface area (Å²) >= 11 is 1.56. The third-order valence-corrected chi connectivity index (χ3v) is 3.99. The van der Waals surface area contributed by atoms with Gasteiger partial charge in [0.2, 0.25) is 4.96 Å². The fourth-order valence-corrected chi connectivity index (χ4v) is 3.08. The number of thiazole rings is 1. The first-order chi connectivity index (χ1) is 9.58. The van der Waals surface area contributed by atoms with Crippen molar-refractivity contribution in [2.24, 2.45) is 0 Å². The Labute approximate surface area is 119 Å². The Morgan fingerprint density at radius 3 is 2.55 bits per heavy atom. The molecule has 2 heterocycles. The fourth-order valence-electron chi connectivity index (χ4n) is 2.09. The number of fused-ring (bicyclic) bond motifs is 1. The van der Waals surface area contributed by atoms with Crippen LogP contribution in [0.15, 0.2) is 29.6 Å². The van der Waals surface area contributed by atoms with Crippen LogP contribution in [0.2, 0.25) is 0 Å². The topological polar surface area (TPSA) is 67.5 Å². The van der Waals surface area contributed by atoms with Crippen molar-refractivity contribution in [1.82, 2.24) is 14.6 Å². The van der Waals surface area contributed by atoms with E-state index in [1.54, 1.807) is 35.6 Å². The van der Waals surface area contributed by atoms with E-state index in [2.05, 4.69) is 29.4 Å². The van der Waals surface area contributed by atoms with Crippen LogP contribution in [0.3, 0.4) is 0 Å². The normalized spacial score (nSPS) is 11.3. The Balaban J connectivity index is 2.14. The summed E-state index contributed by atoms with van der Waals surface area (Å²) in [5.74, 6) is 0.194. The smallest absolute Gasteiger partial charge is 0.335 e. The minimum Gasteiger partial charge on any atom is -0.478 e. The lowest BCUT2D eigenvalue weighted by Gasteiger charge is -2.05. The molecule has 0 saturated carbocycles. The lowest BCUT2D eigenvalue weighted by molar-refractivity contribution is 0.0697. The second kappa shape index (κ2) is 4.72. The van der Waals surface area contributed by atoms with Crippen molar-refractivity contribution in [3.63, 3.8) is 0 Å². The number of aromatic carboxylic acids is 1. The van der Waals surface area contributed by atoms with Gasteiger partial charge in [-0.1, -0.05) is 26.0 Å². The molecule has 0 spiro atoms. The Hall–Kier alpha value is -2.21. The number of carbonyl (C=O) groups is 1. The van der Waals surface area contributed by atoms with Gasteiger partial charge in [-0.05, 0) is 18.1 Å². The highest BCUT2D eigenvalue weighted by molar-refractivity contribution is 7.15. The highest BCUT2D eigenvalue weighted by Crippen LogP contribution is 2.27. The second-order valence-electron chi connectivity index (χ2n) is 4.84. The fraction of sp³-hybridized carbons (Fsp3) is 0.214. The lowest BCUT2D eigenvalue weighted by atomic mass is 10.1. The first-order valence-corrected chi connectivity index (χ1v) is 7.12. The first kappa shape index (κ1) is 12.8. The molecule has 0 aliphatic rings. The molecule has 0 saturated heterocycles. The van der Waals surface area contributed by atoms with Crippen molar-refractivity contribution in [3.8, 4) is 11.4 Å². The van der Waals surface area contributed by atoms with Crippen molar-refractivity contribution < 1.29 is 9.90 Å². The molecule has 1 N–H and O–H groups in total. The van der Waals surface area contributed by atoms with E-state index in [1.807, 2.05) is 4.40 Å². The summed E-state index contributed by atoms with van der Waals surface area (Å²) in [5.41, 5.74) is 2.29. The van der Waals surface area contributed by atoms with Crippen molar-refractivity contribution in [3.05, 3.63) is 40.9 Å². The maximum Gasteiger partial charge on any atom is 0.335 e. The molecular weight excluding hydrogens is 274 g/mol. The van der Waals surface area contributed by atoms with E-state index in [-0.39, 0.29) is 5.56 Å². The van der Waals surface area contributed by atoms with Crippen LogP contribution in [0.4, 0.5) is 0 Å². The van der Waals surface area contributed by atoms with Crippen molar-refractivity contribution in [1.29, 1.82) is 0 Å². The van der Waals surface area contributed by atoms with Crippen LogP contribution in [0.1, 0.15) is 35.8 Å². The quantitative estimate of drug-likeness (QED) is 0.802. The lowest BCUT2D eigenvalue weighted by Crippen LogP contribution is -1.98. The minimum absolute atomic E-state index is 0.268. The van der Waals surface area contributed by atoms with E-state index in [0.717, 1.165) is 22.0 Å². The van der Waals surface area contributed by atoms with Crippen LogP contribution >= 0.6 is 11.3 Å². The Bertz CT molecular complexity index is 771. The SMILES string of the molecule is CC(C)c1csc2nnc(-c3ccc(C(=O)O)cc3)n12. The van der Waals surface area contributed by atoms with Gasteiger partial charge in [-0.2, -0.15) is 0 Å². The Morgan fingerprint density at radius 1 is 1.25 bits per heavy atom. The van der Waals surface area contributed by atoms with Gasteiger partial charge in [-0.3, -0.25) is 4.40 Å². The van der Waals surface area contributed by atoms with Crippen LogP contribution < -0.4 is 0 Å². The zero-order chi connectivity index (χ0) is 14.3. The van der Waals surface area contributed by atoms with E-state index >= 15 is 0 Å². The predicted octanol–water partition coefficient (Wildman–Crippen LogP) is 3.28. The molecule has 0 radical (unpaired) electrons. The Kier molecular flexibility index (Phi) is 3.02. The second-order valence-corrected chi connectivity index (χ2v) is 5.68. The van der Waals surface area contributed by atoms with Gasteiger partial charge in [0.15, 0.2) is 5.82 Å². The zero-order valence-corrected chi connectivity index (χ0v) is 11.9. The third kappa shape index (κ3) is 1.98. The number of aromatic nitrogens is 3. The van der Waals surface area contributed by atoms with E-state index < -0.39 is 5.97 Å². The van der Waals surface area contributed by atoms with Gasteiger partial charge in [0.25, 0.3) is 0 Å². The maximum atomic E-state index is 10.9. The molecule has 102 valence electrons. The highest BCUT2D eigenvalue weighted by Gasteiger charge is 2.15. The van der Waals surface area contributed by atoms with E-state index in [0.29, 0.717) is 5.92 Å². The molecule has 20 heavy (non-hydrogen) atoms. The molecule has 0 aliphatic heterocycles. The number of nitrogens with zero attached hydrogens (tertiary/aromatic N) is 3. The molecule has 0 amide bonds. The van der Waals surface area contributed by atoms with Crippen LogP contribution in [-0.2, 0) is 0 Å². The molecule has 3 rings (SSSR count). The summed E-state index contributed by atoms with van der Waals surface area (Å²) < 4.78 is 2.03. The molecule has 0 unspecified atom stereocenters. The van der Waals surface area contributed by atoms with E-state index in [4.69, 9.17) is 5.11 Å². The number of rotatable bonds is 3.